The van der Waals surface area contributed by atoms with E-state index in [9.17, 15) is 14.4 Å². The Balaban J connectivity index is 1.79. The van der Waals surface area contributed by atoms with Crippen LogP contribution in [0.1, 0.15) is 92.9 Å². The zero-order valence-electron chi connectivity index (χ0n) is 21.5. The van der Waals surface area contributed by atoms with Crippen molar-refractivity contribution in [2.45, 2.75) is 117 Å². The first-order valence-corrected chi connectivity index (χ1v) is 12.9. The van der Waals surface area contributed by atoms with E-state index in [1.165, 1.54) is 6.42 Å². The molecule has 0 aromatic heterocycles. The summed E-state index contributed by atoms with van der Waals surface area (Å²) in [5, 5.41) is 3.00. The van der Waals surface area contributed by atoms with Crippen molar-refractivity contribution in [3.8, 4) is 0 Å². The van der Waals surface area contributed by atoms with Gasteiger partial charge in [0.05, 0.1) is 6.04 Å². The van der Waals surface area contributed by atoms with E-state index < -0.39 is 29.1 Å². The second-order valence-corrected chi connectivity index (χ2v) is 12.6. The summed E-state index contributed by atoms with van der Waals surface area (Å²) in [5.41, 5.74) is 5.21. The number of rotatable bonds is 5. The smallest absolute Gasteiger partial charge is 0.329 e. The van der Waals surface area contributed by atoms with Crippen LogP contribution in [0.25, 0.3) is 0 Å². The lowest BCUT2D eigenvalue weighted by Crippen LogP contribution is -2.60. The van der Waals surface area contributed by atoms with Gasteiger partial charge in [0.15, 0.2) is 0 Å². The molecule has 3 fully saturated rings. The van der Waals surface area contributed by atoms with Gasteiger partial charge in [-0.05, 0) is 69.6 Å². The fourth-order valence-corrected chi connectivity index (χ4v) is 5.96. The SMILES string of the molecule is CC(C)(C)OC(=O)[C@@H]1[C@H]2CCC[C@H]2CN1C(=O)[C@@H](NC(=O)[C@H](N)C1CCCCC1)C(C)(C)C. The summed E-state index contributed by atoms with van der Waals surface area (Å²) in [7, 11) is 0. The van der Waals surface area contributed by atoms with Crippen LogP contribution in [0.15, 0.2) is 0 Å². The third-order valence-electron chi connectivity index (χ3n) is 7.68. The number of hydrogen-bond donors (Lipinski definition) is 2. The molecule has 0 spiro atoms. The fraction of sp³-hybridized carbons (Fsp3) is 0.885. The van der Waals surface area contributed by atoms with Gasteiger partial charge in [-0.3, -0.25) is 9.59 Å². The average Bonchev–Trinajstić information content (AvgIpc) is 3.30. The molecule has 7 nitrogen and oxygen atoms in total. The van der Waals surface area contributed by atoms with Gasteiger partial charge in [0, 0.05) is 6.54 Å². The fourth-order valence-electron chi connectivity index (χ4n) is 5.96. The van der Waals surface area contributed by atoms with E-state index in [2.05, 4.69) is 5.32 Å². The second-order valence-electron chi connectivity index (χ2n) is 12.6. The molecule has 5 atom stereocenters. The Hall–Kier alpha value is -1.63. The summed E-state index contributed by atoms with van der Waals surface area (Å²) in [6.07, 6.45) is 8.33. The molecule has 0 radical (unpaired) electrons. The van der Waals surface area contributed by atoms with Gasteiger partial charge in [0.2, 0.25) is 11.8 Å². The van der Waals surface area contributed by atoms with E-state index in [0.29, 0.717) is 12.5 Å². The van der Waals surface area contributed by atoms with Gasteiger partial charge in [-0.1, -0.05) is 46.5 Å². The number of likely N-dealkylation sites (tertiary alicyclic amines) is 1. The molecular formula is C26H45N3O4. The quantitative estimate of drug-likeness (QED) is 0.609. The first-order chi connectivity index (χ1) is 15.3. The largest absolute Gasteiger partial charge is 0.458 e. The summed E-state index contributed by atoms with van der Waals surface area (Å²) < 4.78 is 5.73. The molecule has 188 valence electrons. The minimum Gasteiger partial charge on any atom is -0.458 e. The Kier molecular flexibility index (Phi) is 7.82. The number of nitrogens with two attached hydrogens (primary N) is 1. The maximum absolute atomic E-state index is 13.9. The van der Waals surface area contributed by atoms with Gasteiger partial charge >= 0.3 is 5.97 Å². The minimum atomic E-state index is -0.747. The Morgan fingerprint density at radius 3 is 2.15 bits per heavy atom. The number of nitrogens with one attached hydrogen (secondary N) is 1. The third-order valence-corrected chi connectivity index (χ3v) is 7.68. The molecule has 2 saturated carbocycles. The van der Waals surface area contributed by atoms with E-state index in [1.807, 2.05) is 41.5 Å². The number of carbonyl (C=O) groups is 3. The number of carbonyl (C=O) groups excluding carboxylic acids is 3. The second kappa shape index (κ2) is 9.93. The molecule has 3 aliphatic rings. The van der Waals surface area contributed by atoms with Crippen molar-refractivity contribution in [3.63, 3.8) is 0 Å². The van der Waals surface area contributed by atoms with Crippen LogP contribution in [0.5, 0.6) is 0 Å². The van der Waals surface area contributed by atoms with Crippen LogP contribution in [0.4, 0.5) is 0 Å². The first-order valence-electron chi connectivity index (χ1n) is 12.9. The van der Waals surface area contributed by atoms with Gasteiger partial charge in [0.1, 0.15) is 17.7 Å². The number of ether oxygens (including phenoxy) is 1. The molecule has 1 aliphatic heterocycles. The number of nitrogens with zero attached hydrogens (tertiary/aromatic N) is 1. The lowest BCUT2D eigenvalue weighted by Gasteiger charge is -2.37. The predicted molar refractivity (Wildman–Crippen MR) is 128 cm³/mol. The van der Waals surface area contributed by atoms with Gasteiger partial charge < -0.3 is 20.7 Å². The van der Waals surface area contributed by atoms with Crippen LogP contribution in [0, 0.1) is 23.2 Å². The van der Waals surface area contributed by atoms with Crippen LogP contribution in [-0.2, 0) is 19.1 Å². The van der Waals surface area contributed by atoms with E-state index in [-0.39, 0.29) is 29.6 Å². The lowest BCUT2D eigenvalue weighted by atomic mass is 9.82. The molecule has 0 unspecified atom stereocenters. The van der Waals surface area contributed by atoms with E-state index in [1.54, 1.807) is 4.90 Å². The van der Waals surface area contributed by atoms with Crippen molar-refractivity contribution in [2.75, 3.05) is 6.54 Å². The number of hydrogen-bond acceptors (Lipinski definition) is 5. The van der Waals surface area contributed by atoms with Crippen LogP contribution in [-0.4, -0.2) is 53.0 Å². The van der Waals surface area contributed by atoms with Gasteiger partial charge in [-0.25, -0.2) is 4.79 Å². The van der Waals surface area contributed by atoms with Gasteiger partial charge in [-0.15, -0.1) is 0 Å². The molecule has 0 aromatic carbocycles. The summed E-state index contributed by atoms with van der Waals surface area (Å²) in [5.74, 6) is -0.185. The lowest BCUT2D eigenvalue weighted by molar-refractivity contribution is -0.165. The van der Waals surface area contributed by atoms with Crippen LogP contribution in [0.2, 0.25) is 0 Å². The topological polar surface area (TPSA) is 102 Å². The Bertz CT molecular complexity index is 733. The number of amides is 2. The number of esters is 1. The predicted octanol–water partition coefficient (Wildman–Crippen LogP) is 3.39. The van der Waals surface area contributed by atoms with E-state index in [4.69, 9.17) is 10.5 Å². The molecule has 3 rings (SSSR count). The normalized spacial score (nSPS) is 28.2. The van der Waals surface area contributed by atoms with E-state index >= 15 is 0 Å². The maximum Gasteiger partial charge on any atom is 0.329 e. The molecule has 2 aliphatic carbocycles. The molecule has 1 saturated heterocycles. The highest BCUT2D eigenvalue weighted by Crippen LogP contribution is 2.43. The van der Waals surface area contributed by atoms with E-state index in [0.717, 1.165) is 44.9 Å². The summed E-state index contributed by atoms with van der Waals surface area (Å²) >= 11 is 0. The van der Waals surface area contributed by atoms with Crippen molar-refractivity contribution in [1.82, 2.24) is 10.2 Å². The maximum atomic E-state index is 13.9. The van der Waals surface area contributed by atoms with Gasteiger partial charge in [-0.2, -0.15) is 0 Å². The van der Waals surface area contributed by atoms with Crippen molar-refractivity contribution in [1.29, 1.82) is 0 Å². The third kappa shape index (κ3) is 6.09. The molecule has 7 heteroatoms. The first kappa shape index (κ1) is 26.0. The van der Waals surface area contributed by atoms with Crippen molar-refractivity contribution in [2.24, 2.45) is 28.9 Å². The van der Waals surface area contributed by atoms with Gasteiger partial charge in [0.25, 0.3) is 0 Å². The standard InChI is InChI=1S/C26H45N3O4/c1-25(2,3)21(28-22(30)19(27)16-11-8-7-9-12-16)23(31)29-15-17-13-10-14-18(17)20(29)24(32)33-26(4,5)6/h16-21H,7-15,27H2,1-6H3,(H,28,30)/t17-,18-,19+,20-,21+/m0/s1. The highest BCUT2D eigenvalue weighted by Gasteiger charge is 2.53. The zero-order chi connectivity index (χ0) is 24.6. The summed E-state index contributed by atoms with van der Waals surface area (Å²) in [6.45, 7) is 11.9. The van der Waals surface area contributed by atoms with Crippen LogP contribution >= 0.6 is 0 Å². The highest BCUT2D eigenvalue weighted by atomic mass is 16.6. The summed E-state index contributed by atoms with van der Waals surface area (Å²) in [4.78, 5) is 41.9. The van der Waals surface area contributed by atoms with Crippen molar-refractivity contribution >= 4 is 17.8 Å². The molecule has 1 heterocycles. The van der Waals surface area contributed by atoms with Crippen LogP contribution < -0.4 is 11.1 Å². The Morgan fingerprint density at radius 1 is 0.939 bits per heavy atom. The Morgan fingerprint density at radius 2 is 1.58 bits per heavy atom. The molecule has 33 heavy (non-hydrogen) atoms. The molecule has 0 bridgehead atoms. The minimum absolute atomic E-state index is 0.129. The Labute approximate surface area is 199 Å². The number of fused-ring (bicyclic) bond motifs is 1. The average molecular weight is 464 g/mol. The molecule has 3 N–H and O–H groups in total. The van der Waals surface area contributed by atoms with Crippen molar-refractivity contribution < 1.29 is 19.1 Å². The highest BCUT2D eigenvalue weighted by molar-refractivity contribution is 5.93. The van der Waals surface area contributed by atoms with Crippen molar-refractivity contribution in [3.05, 3.63) is 0 Å². The molecule has 2 amide bonds. The molecule has 0 aromatic rings. The zero-order valence-corrected chi connectivity index (χ0v) is 21.5. The molecular weight excluding hydrogens is 418 g/mol. The monoisotopic (exact) mass is 463 g/mol. The van der Waals surface area contributed by atoms with Crippen LogP contribution in [0.3, 0.4) is 0 Å². The summed E-state index contributed by atoms with van der Waals surface area (Å²) in [6, 6.07) is -1.94.